The van der Waals surface area contributed by atoms with E-state index >= 15 is 0 Å². The summed E-state index contributed by atoms with van der Waals surface area (Å²) >= 11 is 0. The van der Waals surface area contributed by atoms with Crippen molar-refractivity contribution in [1.29, 1.82) is 0 Å². The maximum Gasteiger partial charge on any atom is 0.0760 e. The molecule has 2 rings (SSSR count). The first-order valence-electron chi connectivity index (χ1n) is 4.02. The summed E-state index contributed by atoms with van der Waals surface area (Å²) in [5.41, 5.74) is 0. The first-order valence-corrected chi connectivity index (χ1v) is 4.02. The van der Waals surface area contributed by atoms with E-state index < -0.39 is 0 Å². The Morgan fingerprint density at radius 1 is 1.45 bits per heavy atom. The highest BCUT2D eigenvalue weighted by atomic mass is 15.5. The van der Waals surface area contributed by atoms with Crippen molar-refractivity contribution in [2.24, 2.45) is 0 Å². The summed E-state index contributed by atoms with van der Waals surface area (Å²) in [6.07, 6.45) is 5.97. The molecule has 1 atom stereocenters. The van der Waals surface area contributed by atoms with E-state index in [1.807, 2.05) is 0 Å². The average molecular weight is 152 g/mol. The van der Waals surface area contributed by atoms with Crippen LogP contribution in [0.4, 0.5) is 0 Å². The predicted octanol–water partition coefficient (Wildman–Crippen LogP) is 0.0301. The Morgan fingerprint density at radius 2 is 2.27 bits per heavy atom. The Bertz CT molecular complexity index is 200. The lowest BCUT2D eigenvalue weighted by molar-refractivity contribution is 0.436. The van der Waals surface area contributed by atoms with Crippen LogP contribution in [-0.2, 0) is 6.54 Å². The van der Waals surface area contributed by atoms with E-state index in [4.69, 9.17) is 0 Å². The van der Waals surface area contributed by atoms with E-state index in [9.17, 15) is 0 Å². The smallest absolute Gasteiger partial charge is 0.0760 e. The number of nitrogens with one attached hydrogen (secondary N) is 1. The molecule has 4 nitrogen and oxygen atoms in total. The molecule has 0 spiro atoms. The number of hydrogen-bond donors (Lipinski definition) is 1. The highest BCUT2D eigenvalue weighted by molar-refractivity contribution is 4.73. The minimum Gasteiger partial charge on any atom is -0.312 e. The summed E-state index contributed by atoms with van der Waals surface area (Å²) in [6, 6.07) is 0.586. The maximum atomic E-state index is 4.05. The van der Waals surface area contributed by atoms with Gasteiger partial charge >= 0.3 is 0 Å². The first-order chi connectivity index (χ1) is 5.45. The molecule has 4 heteroatoms. The first kappa shape index (κ1) is 6.79. The SMILES string of the molecule is c1cnn(C[C@H]2CCCN2)n1. The molecule has 1 aromatic heterocycles. The van der Waals surface area contributed by atoms with Crippen LogP contribution in [0.15, 0.2) is 12.4 Å². The summed E-state index contributed by atoms with van der Waals surface area (Å²) < 4.78 is 0. The Kier molecular flexibility index (Phi) is 1.85. The van der Waals surface area contributed by atoms with Gasteiger partial charge in [0.1, 0.15) is 0 Å². The minimum absolute atomic E-state index is 0.586. The highest BCUT2D eigenvalue weighted by Crippen LogP contribution is 2.05. The van der Waals surface area contributed by atoms with Gasteiger partial charge in [0.05, 0.1) is 18.9 Å². The number of aromatic nitrogens is 3. The van der Waals surface area contributed by atoms with Crippen LogP contribution < -0.4 is 5.32 Å². The second kappa shape index (κ2) is 3.00. The van der Waals surface area contributed by atoms with Gasteiger partial charge in [0.2, 0.25) is 0 Å². The summed E-state index contributed by atoms with van der Waals surface area (Å²) in [7, 11) is 0. The third-order valence-electron chi connectivity index (χ3n) is 2.01. The van der Waals surface area contributed by atoms with Crippen LogP contribution in [0.1, 0.15) is 12.8 Å². The summed E-state index contributed by atoms with van der Waals surface area (Å²) in [5, 5.41) is 11.5. The second-order valence-corrected chi connectivity index (χ2v) is 2.88. The van der Waals surface area contributed by atoms with Crippen LogP contribution in [-0.4, -0.2) is 27.6 Å². The van der Waals surface area contributed by atoms with Crippen molar-refractivity contribution >= 4 is 0 Å². The van der Waals surface area contributed by atoms with Crippen LogP contribution in [0.2, 0.25) is 0 Å². The standard InChI is InChI=1S/C7H12N4/c1-2-7(8-3-1)6-11-9-4-5-10-11/h4-5,7-8H,1-3,6H2/t7-/m1/s1. The second-order valence-electron chi connectivity index (χ2n) is 2.88. The zero-order chi connectivity index (χ0) is 7.52. The van der Waals surface area contributed by atoms with Crippen molar-refractivity contribution in [3.8, 4) is 0 Å². The van der Waals surface area contributed by atoms with Gasteiger partial charge in [0, 0.05) is 6.04 Å². The van der Waals surface area contributed by atoms with Crippen LogP contribution in [0.3, 0.4) is 0 Å². The van der Waals surface area contributed by atoms with Gasteiger partial charge < -0.3 is 5.32 Å². The quantitative estimate of drug-likeness (QED) is 0.650. The maximum absolute atomic E-state index is 4.05. The minimum atomic E-state index is 0.586. The Morgan fingerprint density at radius 3 is 2.91 bits per heavy atom. The molecule has 2 heterocycles. The van der Waals surface area contributed by atoms with Gasteiger partial charge in [0.15, 0.2) is 0 Å². The monoisotopic (exact) mass is 152 g/mol. The van der Waals surface area contributed by atoms with E-state index in [-0.39, 0.29) is 0 Å². The van der Waals surface area contributed by atoms with Gasteiger partial charge in [-0.25, -0.2) is 0 Å². The lowest BCUT2D eigenvalue weighted by Gasteiger charge is -2.07. The molecule has 1 N–H and O–H groups in total. The summed E-state index contributed by atoms with van der Waals surface area (Å²) in [6.45, 7) is 2.05. The molecule has 0 amide bonds. The third kappa shape index (κ3) is 1.57. The molecule has 0 saturated carbocycles. The fraction of sp³-hybridized carbons (Fsp3) is 0.714. The van der Waals surface area contributed by atoms with Gasteiger partial charge in [-0.15, -0.1) is 0 Å². The van der Waals surface area contributed by atoms with Crippen molar-refractivity contribution < 1.29 is 0 Å². The zero-order valence-electron chi connectivity index (χ0n) is 6.40. The van der Waals surface area contributed by atoms with Crippen LogP contribution in [0.5, 0.6) is 0 Å². The zero-order valence-corrected chi connectivity index (χ0v) is 6.40. The normalized spacial score (nSPS) is 24.2. The molecule has 0 unspecified atom stereocenters. The van der Waals surface area contributed by atoms with Gasteiger partial charge in [-0.1, -0.05) is 0 Å². The Balaban J connectivity index is 1.90. The van der Waals surface area contributed by atoms with E-state index in [2.05, 4.69) is 15.5 Å². The predicted molar refractivity (Wildman–Crippen MR) is 41.0 cm³/mol. The van der Waals surface area contributed by atoms with E-state index in [0.717, 1.165) is 13.1 Å². The van der Waals surface area contributed by atoms with Crippen molar-refractivity contribution in [2.45, 2.75) is 25.4 Å². The van der Waals surface area contributed by atoms with E-state index in [1.165, 1.54) is 12.8 Å². The third-order valence-corrected chi connectivity index (χ3v) is 2.01. The number of rotatable bonds is 2. The van der Waals surface area contributed by atoms with Crippen molar-refractivity contribution in [2.75, 3.05) is 6.54 Å². The molecule has 1 saturated heterocycles. The molecule has 0 aromatic carbocycles. The number of nitrogens with zero attached hydrogens (tertiary/aromatic N) is 3. The molecule has 0 aliphatic carbocycles. The van der Waals surface area contributed by atoms with Crippen molar-refractivity contribution in [3.63, 3.8) is 0 Å². The lowest BCUT2D eigenvalue weighted by Crippen LogP contribution is -2.27. The molecule has 11 heavy (non-hydrogen) atoms. The molecule has 1 aliphatic heterocycles. The molecule has 60 valence electrons. The fourth-order valence-corrected chi connectivity index (χ4v) is 1.45. The lowest BCUT2D eigenvalue weighted by atomic mass is 10.2. The van der Waals surface area contributed by atoms with E-state index in [0.29, 0.717) is 6.04 Å². The summed E-state index contributed by atoms with van der Waals surface area (Å²) in [4.78, 5) is 1.74. The van der Waals surface area contributed by atoms with Crippen LogP contribution in [0.25, 0.3) is 0 Å². The topological polar surface area (TPSA) is 42.7 Å². The molecule has 1 fully saturated rings. The highest BCUT2D eigenvalue weighted by Gasteiger charge is 2.14. The molecule has 1 aliphatic rings. The average Bonchev–Trinajstić information content (AvgIpc) is 2.60. The van der Waals surface area contributed by atoms with Crippen LogP contribution >= 0.6 is 0 Å². The molecular weight excluding hydrogens is 140 g/mol. The molecule has 0 bridgehead atoms. The molecule has 1 aromatic rings. The summed E-state index contributed by atoms with van der Waals surface area (Å²) in [5.74, 6) is 0. The van der Waals surface area contributed by atoms with Crippen molar-refractivity contribution in [1.82, 2.24) is 20.3 Å². The van der Waals surface area contributed by atoms with Gasteiger partial charge in [-0.2, -0.15) is 15.0 Å². The van der Waals surface area contributed by atoms with Gasteiger partial charge in [0.25, 0.3) is 0 Å². The number of hydrogen-bond acceptors (Lipinski definition) is 3. The van der Waals surface area contributed by atoms with Gasteiger partial charge in [-0.05, 0) is 19.4 Å². The molecular formula is C7H12N4. The van der Waals surface area contributed by atoms with E-state index in [1.54, 1.807) is 17.2 Å². The Hall–Kier alpha value is -0.900. The van der Waals surface area contributed by atoms with Crippen LogP contribution in [0, 0.1) is 0 Å². The molecule has 0 radical (unpaired) electrons. The largest absolute Gasteiger partial charge is 0.312 e. The van der Waals surface area contributed by atoms with Crippen molar-refractivity contribution in [3.05, 3.63) is 12.4 Å². The fourth-order valence-electron chi connectivity index (χ4n) is 1.45. The van der Waals surface area contributed by atoms with Gasteiger partial charge in [-0.3, -0.25) is 0 Å². The Labute approximate surface area is 65.6 Å².